The third kappa shape index (κ3) is 4.08. The molecule has 7 heteroatoms. The fraction of sp³-hybridized carbons (Fsp3) is 0.778. The molecule has 0 aromatic rings. The molecule has 2 saturated heterocycles. The lowest BCUT2D eigenvalue weighted by molar-refractivity contribution is -0.169. The Labute approximate surface area is 90.6 Å². The molecule has 0 radical (unpaired) electrons. The zero-order valence-electron chi connectivity index (χ0n) is 8.56. The van der Waals surface area contributed by atoms with Gasteiger partial charge in [-0.2, -0.15) is 13.2 Å². The van der Waals surface area contributed by atoms with Crippen LogP contribution in [0.15, 0.2) is 0 Å². The third-order valence-corrected chi connectivity index (χ3v) is 2.34. The van der Waals surface area contributed by atoms with Crippen LogP contribution in [0.2, 0.25) is 0 Å². The molecule has 92 valence electrons. The molecule has 2 N–H and O–H groups in total. The summed E-state index contributed by atoms with van der Waals surface area (Å²) in [6.07, 6.45) is -2.87. The molecular weight excluding hydrogens is 225 g/mol. The van der Waals surface area contributed by atoms with Crippen molar-refractivity contribution >= 4 is 11.8 Å². The summed E-state index contributed by atoms with van der Waals surface area (Å²) < 4.78 is 35.2. The van der Waals surface area contributed by atoms with Gasteiger partial charge in [-0.1, -0.05) is 0 Å². The van der Waals surface area contributed by atoms with E-state index in [0.29, 0.717) is 0 Å². The van der Waals surface area contributed by atoms with E-state index in [1.54, 1.807) is 0 Å². The first-order valence-corrected chi connectivity index (χ1v) is 4.99. The fourth-order valence-corrected chi connectivity index (χ4v) is 1.40. The predicted octanol–water partition coefficient (Wildman–Crippen LogP) is 0.581. The van der Waals surface area contributed by atoms with Crippen LogP contribution < -0.4 is 10.6 Å². The second kappa shape index (κ2) is 5.18. The van der Waals surface area contributed by atoms with Crippen molar-refractivity contribution in [2.45, 2.75) is 25.4 Å². The summed E-state index contributed by atoms with van der Waals surface area (Å²) in [5.41, 5.74) is 0. The molecule has 2 aliphatic rings. The molecule has 0 aromatic heterocycles. The van der Waals surface area contributed by atoms with Gasteiger partial charge in [0.15, 0.2) is 0 Å². The highest BCUT2D eigenvalue weighted by molar-refractivity contribution is 5.78. The summed E-state index contributed by atoms with van der Waals surface area (Å²) in [5.74, 6) is -1.78. The SMILES string of the molecule is O=C1CC(C(F)(F)F)CN1.O=C1CCCN1. The summed E-state index contributed by atoms with van der Waals surface area (Å²) in [4.78, 5) is 20.4. The molecule has 16 heavy (non-hydrogen) atoms. The van der Waals surface area contributed by atoms with Gasteiger partial charge in [-0.05, 0) is 6.42 Å². The maximum Gasteiger partial charge on any atom is 0.393 e. The van der Waals surface area contributed by atoms with Gasteiger partial charge in [0.1, 0.15) is 0 Å². The Hall–Kier alpha value is -1.27. The van der Waals surface area contributed by atoms with Crippen LogP contribution in [-0.2, 0) is 9.59 Å². The molecule has 4 nitrogen and oxygen atoms in total. The van der Waals surface area contributed by atoms with Crippen LogP contribution in [0.5, 0.6) is 0 Å². The fourth-order valence-electron chi connectivity index (χ4n) is 1.40. The summed E-state index contributed by atoms with van der Waals surface area (Å²) in [7, 11) is 0. The minimum atomic E-state index is -4.22. The Kier molecular flexibility index (Phi) is 4.14. The quantitative estimate of drug-likeness (QED) is 0.648. The van der Waals surface area contributed by atoms with Gasteiger partial charge in [-0.15, -0.1) is 0 Å². The van der Waals surface area contributed by atoms with Crippen LogP contribution in [0.3, 0.4) is 0 Å². The van der Waals surface area contributed by atoms with Gasteiger partial charge in [0.05, 0.1) is 5.92 Å². The number of hydrogen-bond donors (Lipinski definition) is 2. The molecule has 0 spiro atoms. The Balaban J connectivity index is 0.000000181. The van der Waals surface area contributed by atoms with E-state index >= 15 is 0 Å². The lowest BCUT2D eigenvalue weighted by Gasteiger charge is -2.10. The molecule has 2 aliphatic heterocycles. The Morgan fingerprint density at radius 2 is 1.81 bits per heavy atom. The summed E-state index contributed by atoms with van der Waals surface area (Å²) in [6.45, 7) is 0.626. The molecule has 2 fully saturated rings. The first-order chi connectivity index (χ1) is 7.39. The second-order valence-electron chi connectivity index (χ2n) is 3.70. The van der Waals surface area contributed by atoms with Crippen molar-refractivity contribution in [2.24, 2.45) is 5.92 Å². The average molecular weight is 238 g/mol. The van der Waals surface area contributed by atoms with Gasteiger partial charge in [0.2, 0.25) is 11.8 Å². The van der Waals surface area contributed by atoms with Crippen LogP contribution in [0.25, 0.3) is 0 Å². The maximum atomic E-state index is 11.7. The Bertz CT molecular complexity index is 270. The molecule has 1 unspecified atom stereocenters. The van der Waals surface area contributed by atoms with Gasteiger partial charge in [0, 0.05) is 25.9 Å². The van der Waals surface area contributed by atoms with Crippen molar-refractivity contribution < 1.29 is 22.8 Å². The number of amides is 2. The van der Waals surface area contributed by atoms with E-state index in [4.69, 9.17) is 0 Å². The van der Waals surface area contributed by atoms with Gasteiger partial charge in [-0.3, -0.25) is 9.59 Å². The van der Waals surface area contributed by atoms with E-state index in [1.807, 2.05) is 0 Å². The van der Waals surface area contributed by atoms with Crippen molar-refractivity contribution in [3.63, 3.8) is 0 Å². The van der Waals surface area contributed by atoms with Crippen LogP contribution in [0, 0.1) is 5.92 Å². The van der Waals surface area contributed by atoms with Crippen molar-refractivity contribution in [3.8, 4) is 0 Å². The highest BCUT2D eigenvalue weighted by atomic mass is 19.4. The van der Waals surface area contributed by atoms with Crippen molar-refractivity contribution in [1.82, 2.24) is 10.6 Å². The zero-order chi connectivity index (χ0) is 12.2. The van der Waals surface area contributed by atoms with Crippen molar-refractivity contribution in [2.75, 3.05) is 13.1 Å². The van der Waals surface area contributed by atoms with E-state index < -0.39 is 24.4 Å². The number of hydrogen-bond acceptors (Lipinski definition) is 2. The van der Waals surface area contributed by atoms with E-state index in [0.717, 1.165) is 19.4 Å². The summed E-state index contributed by atoms with van der Waals surface area (Å²) in [5, 5.41) is 4.80. The second-order valence-corrected chi connectivity index (χ2v) is 3.70. The largest absolute Gasteiger partial charge is 0.393 e. The molecule has 2 rings (SSSR count). The molecule has 1 atom stereocenters. The summed E-state index contributed by atoms with van der Waals surface area (Å²) in [6, 6.07) is 0. The van der Waals surface area contributed by atoms with Crippen LogP contribution >= 0.6 is 0 Å². The molecule has 2 heterocycles. The van der Waals surface area contributed by atoms with Crippen LogP contribution in [-0.4, -0.2) is 31.1 Å². The number of carbonyl (C=O) groups excluding carboxylic acids is 2. The lowest BCUT2D eigenvalue weighted by Crippen LogP contribution is -2.24. The third-order valence-electron chi connectivity index (χ3n) is 2.34. The van der Waals surface area contributed by atoms with Crippen LogP contribution in [0.1, 0.15) is 19.3 Å². The zero-order valence-corrected chi connectivity index (χ0v) is 8.56. The van der Waals surface area contributed by atoms with E-state index in [9.17, 15) is 22.8 Å². The van der Waals surface area contributed by atoms with Crippen molar-refractivity contribution in [1.29, 1.82) is 0 Å². The standard InChI is InChI=1S/C5H6F3NO.C4H7NO/c6-5(7,8)3-1-4(10)9-2-3;6-4-2-1-3-5-4/h3H,1-2H2,(H,9,10);1-3H2,(H,5,6). The number of rotatable bonds is 0. The first-order valence-electron chi connectivity index (χ1n) is 4.99. The molecular formula is C9H13F3N2O2. The molecule has 0 aliphatic carbocycles. The van der Waals surface area contributed by atoms with E-state index in [-0.39, 0.29) is 12.5 Å². The van der Waals surface area contributed by atoms with E-state index in [2.05, 4.69) is 10.6 Å². The van der Waals surface area contributed by atoms with Gasteiger partial charge in [0.25, 0.3) is 0 Å². The average Bonchev–Trinajstić information content (AvgIpc) is 2.76. The first kappa shape index (κ1) is 12.8. The number of nitrogens with one attached hydrogen (secondary N) is 2. The van der Waals surface area contributed by atoms with Crippen LogP contribution in [0.4, 0.5) is 13.2 Å². The highest BCUT2D eigenvalue weighted by Gasteiger charge is 2.43. The molecule has 0 saturated carbocycles. The normalized spacial score (nSPS) is 24.6. The molecule has 0 aromatic carbocycles. The van der Waals surface area contributed by atoms with E-state index in [1.165, 1.54) is 0 Å². The topological polar surface area (TPSA) is 58.2 Å². The minimum Gasteiger partial charge on any atom is -0.356 e. The number of carbonyl (C=O) groups is 2. The smallest absolute Gasteiger partial charge is 0.356 e. The molecule has 2 amide bonds. The lowest BCUT2D eigenvalue weighted by atomic mass is 10.1. The number of halogens is 3. The van der Waals surface area contributed by atoms with Gasteiger partial charge < -0.3 is 10.6 Å². The Morgan fingerprint density at radius 3 is 2.00 bits per heavy atom. The monoisotopic (exact) mass is 238 g/mol. The minimum absolute atomic E-state index is 0.204. The van der Waals surface area contributed by atoms with Gasteiger partial charge in [-0.25, -0.2) is 0 Å². The van der Waals surface area contributed by atoms with Crippen molar-refractivity contribution in [3.05, 3.63) is 0 Å². The predicted molar refractivity (Wildman–Crippen MR) is 49.4 cm³/mol. The number of alkyl halides is 3. The maximum absolute atomic E-state index is 11.7. The highest BCUT2D eigenvalue weighted by Crippen LogP contribution is 2.30. The summed E-state index contributed by atoms with van der Waals surface area (Å²) >= 11 is 0. The van der Waals surface area contributed by atoms with Gasteiger partial charge >= 0.3 is 6.18 Å². The molecule has 0 bridgehead atoms. The Morgan fingerprint density at radius 1 is 1.12 bits per heavy atom.